The van der Waals surface area contributed by atoms with E-state index in [0.717, 1.165) is 13.0 Å². The summed E-state index contributed by atoms with van der Waals surface area (Å²) >= 11 is 0. The highest BCUT2D eigenvalue weighted by Gasteiger charge is 2.05. The molecule has 1 unspecified atom stereocenters. The van der Waals surface area contributed by atoms with Crippen LogP contribution in [0.5, 0.6) is 0 Å². The molecule has 0 radical (unpaired) electrons. The van der Waals surface area contributed by atoms with Gasteiger partial charge in [-0.2, -0.15) is 0 Å². The lowest BCUT2D eigenvalue weighted by Gasteiger charge is -2.16. The minimum absolute atomic E-state index is 0.330. The Bertz CT molecular complexity index is 269. The molecule has 3 heteroatoms. The third kappa shape index (κ3) is 4.42. The van der Waals surface area contributed by atoms with Gasteiger partial charge in [0, 0.05) is 25.7 Å². The molecule has 1 aromatic carbocycles. The molecule has 3 nitrogen and oxygen atoms in total. The molecule has 0 saturated heterocycles. The summed E-state index contributed by atoms with van der Waals surface area (Å²) in [6, 6.07) is 8.90. The number of hydrogen-bond acceptors (Lipinski definition) is 3. The molecule has 84 valence electrons. The maximum absolute atomic E-state index is 5.69. The highest BCUT2D eigenvalue weighted by molar-refractivity contribution is 5.22. The topological polar surface area (TPSA) is 64.1 Å². The van der Waals surface area contributed by atoms with Gasteiger partial charge in [-0.15, -0.1) is 0 Å². The first-order valence-corrected chi connectivity index (χ1v) is 5.45. The van der Waals surface area contributed by atoms with Crippen molar-refractivity contribution in [3.8, 4) is 0 Å². The van der Waals surface area contributed by atoms with Crippen LogP contribution in [0.1, 0.15) is 11.1 Å². The summed E-state index contributed by atoms with van der Waals surface area (Å²) in [7, 11) is 0. The first-order chi connectivity index (χ1) is 7.26. The summed E-state index contributed by atoms with van der Waals surface area (Å²) < 4.78 is 0. The van der Waals surface area contributed by atoms with Crippen molar-refractivity contribution >= 4 is 0 Å². The van der Waals surface area contributed by atoms with Gasteiger partial charge in [-0.3, -0.25) is 0 Å². The van der Waals surface area contributed by atoms with Crippen molar-refractivity contribution in [1.82, 2.24) is 5.32 Å². The standard InChI is InChI=1S/C12H21N3/c1-10-2-4-11(5-3-10)8-12(9-14)15-7-6-13/h2-5,12,15H,6-9,13-14H2,1H3. The predicted molar refractivity (Wildman–Crippen MR) is 64.8 cm³/mol. The van der Waals surface area contributed by atoms with Crippen LogP contribution < -0.4 is 16.8 Å². The molecule has 5 N–H and O–H groups in total. The van der Waals surface area contributed by atoms with E-state index in [9.17, 15) is 0 Å². The fourth-order valence-corrected chi connectivity index (χ4v) is 1.53. The molecule has 0 bridgehead atoms. The average Bonchev–Trinajstić information content (AvgIpc) is 2.27. The molecule has 0 amide bonds. The van der Waals surface area contributed by atoms with Crippen LogP contribution in [0.4, 0.5) is 0 Å². The van der Waals surface area contributed by atoms with Crippen LogP contribution in [0.25, 0.3) is 0 Å². The van der Waals surface area contributed by atoms with E-state index in [1.165, 1.54) is 11.1 Å². The number of nitrogens with one attached hydrogen (secondary N) is 1. The highest BCUT2D eigenvalue weighted by Crippen LogP contribution is 2.05. The van der Waals surface area contributed by atoms with Crippen molar-refractivity contribution in [1.29, 1.82) is 0 Å². The van der Waals surface area contributed by atoms with Gasteiger partial charge in [0.15, 0.2) is 0 Å². The number of rotatable bonds is 6. The molecular formula is C12H21N3. The molecule has 1 rings (SSSR count). The molecule has 0 fully saturated rings. The van der Waals surface area contributed by atoms with E-state index >= 15 is 0 Å². The molecule has 1 aromatic rings. The number of benzene rings is 1. The fourth-order valence-electron chi connectivity index (χ4n) is 1.53. The third-order valence-electron chi connectivity index (χ3n) is 2.46. The monoisotopic (exact) mass is 207 g/mol. The summed E-state index contributed by atoms with van der Waals surface area (Å²) in [5, 5.41) is 3.33. The smallest absolute Gasteiger partial charge is 0.0231 e. The zero-order valence-electron chi connectivity index (χ0n) is 9.37. The molecule has 1 atom stereocenters. The average molecular weight is 207 g/mol. The van der Waals surface area contributed by atoms with Crippen LogP contribution in [-0.2, 0) is 6.42 Å². The number of hydrogen-bond donors (Lipinski definition) is 3. The van der Waals surface area contributed by atoms with Crippen LogP contribution in [0.3, 0.4) is 0 Å². The van der Waals surface area contributed by atoms with Crippen LogP contribution in [0.2, 0.25) is 0 Å². The maximum atomic E-state index is 5.69. The van der Waals surface area contributed by atoms with Gasteiger partial charge in [0.2, 0.25) is 0 Å². The molecule has 0 spiro atoms. The lowest BCUT2D eigenvalue weighted by molar-refractivity contribution is 0.523. The van der Waals surface area contributed by atoms with Crippen molar-refractivity contribution in [2.45, 2.75) is 19.4 Å². The second-order valence-electron chi connectivity index (χ2n) is 3.87. The molecule has 0 aliphatic carbocycles. The van der Waals surface area contributed by atoms with Gasteiger partial charge in [0.05, 0.1) is 0 Å². The minimum atomic E-state index is 0.330. The van der Waals surface area contributed by atoms with E-state index in [4.69, 9.17) is 11.5 Å². The summed E-state index contributed by atoms with van der Waals surface area (Å²) in [5.41, 5.74) is 13.7. The first-order valence-electron chi connectivity index (χ1n) is 5.45. The van der Waals surface area contributed by atoms with Crippen molar-refractivity contribution < 1.29 is 0 Å². The second-order valence-corrected chi connectivity index (χ2v) is 3.87. The Labute approximate surface area is 91.9 Å². The molecule has 0 heterocycles. The molecule has 0 aliphatic rings. The van der Waals surface area contributed by atoms with Gasteiger partial charge >= 0.3 is 0 Å². The Hall–Kier alpha value is -0.900. The third-order valence-corrected chi connectivity index (χ3v) is 2.46. The van der Waals surface area contributed by atoms with Gasteiger partial charge in [0.25, 0.3) is 0 Å². The van der Waals surface area contributed by atoms with Crippen LogP contribution in [-0.4, -0.2) is 25.7 Å². The molecule has 15 heavy (non-hydrogen) atoms. The molecular weight excluding hydrogens is 186 g/mol. The van der Waals surface area contributed by atoms with Gasteiger partial charge in [-0.25, -0.2) is 0 Å². The van der Waals surface area contributed by atoms with E-state index in [-0.39, 0.29) is 0 Å². The summed E-state index contributed by atoms with van der Waals surface area (Å²) in [6.45, 7) is 4.23. The van der Waals surface area contributed by atoms with Gasteiger partial charge in [0.1, 0.15) is 0 Å². The van der Waals surface area contributed by atoms with Crippen LogP contribution in [0, 0.1) is 6.92 Å². The Morgan fingerprint density at radius 1 is 1.20 bits per heavy atom. The van der Waals surface area contributed by atoms with Crippen LogP contribution in [0.15, 0.2) is 24.3 Å². The Morgan fingerprint density at radius 3 is 2.40 bits per heavy atom. The maximum Gasteiger partial charge on any atom is 0.0231 e. The van der Waals surface area contributed by atoms with Crippen molar-refractivity contribution in [3.05, 3.63) is 35.4 Å². The molecule has 0 aromatic heterocycles. The van der Waals surface area contributed by atoms with E-state index in [1.54, 1.807) is 0 Å². The highest BCUT2D eigenvalue weighted by atomic mass is 14.9. The second kappa shape index (κ2) is 6.56. The minimum Gasteiger partial charge on any atom is -0.329 e. The normalized spacial score (nSPS) is 12.7. The Kier molecular flexibility index (Phi) is 5.32. The molecule has 0 aliphatic heterocycles. The largest absolute Gasteiger partial charge is 0.329 e. The van der Waals surface area contributed by atoms with Crippen LogP contribution >= 0.6 is 0 Å². The van der Waals surface area contributed by atoms with Crippen molar-refractivity contribution in [2.75, 3.05) is 19.6 Å². The Morgan fingerprint density at radius 2 is 1.87 bits per heavy atom. The Balaban J connectivity index is 2.47. The SMILES string of the molecule is Cc1ccc(CC(CN)NCCN)cc1. The van der Waals surface area contributed by atoms with E-state index < -0.39 is 0 Å². The van der Waals surface area contributed by atoms with Gasteiger partial charge in [-0.05, 0) is 18.9 Å². The van der Waals surface area contributed by atoms with Gasteiger partial charge < -0.3 is 16.8 Å². The first kappa shape index (κ1) is 12.2. The predicted octanol–water partition coefficient (Wildman–Crippen LogP) is 0.413. The summed E-state index contributed by atoms with van der Waals surface area (Å²) in [4.78, 5) is 0. The summed E-state index contributed by atoms with van der Waals surface area (Å²) in [6.07, 6.45) is 0.969. The fraction of sp³-hybridized carbons (Fsp3) is 0.500. The number of aryl methyl sites for hydroxylation is 1. The lowest BCUT2D eigenvalue weighted by Crippen LogP contribution is -2.40. The van der Waals surface area contributed by atoms with E-state index in [1.807, 2.05) is 0 Å². The lowest BCUT2D eigenvalue weighted by atomic mass is 10.0. The zero-order chi connectivity index (χ0) is 11.1. The van der Waals surface area contributed by atoms with Gasteiger partial charge in [-0.1, -0.05) is 29.8 Å². The molecule has 0 saturated carbocycles. The number of nitrogens with two attached hydrogens (primary N) is 2. The van der Waals surface area contributed by atoms with Crippen molar-refractivity contribution in [2.24, 2.45) is 11.5 Å². The zero-order valence-corrected chi connectivity index (χ0v) is 9.37. The van der Waals surface area contributed by atoms with E-state index in [0.29, 0.717) is 19.1 Å². The summed E-state index contributed by atoms with van der Waals surface area (Å²) in [5.74, 6) is 0. The quantitative estimate of drug-likeness (QED) is 0.633. The van der Waals surface area contributed by atoms with Crippen molar-refractivity contribution in [3.63, 3.8) is 0 Å². The van der Waals surface area contributed by atoms with E-state index in [2.05, 4.69) is 36.5 Å².